The fourth-order valence-electron chi connectivity index (χ4n) is 3.51. The lowest BCUT2D eigenvalue weighted by Crippen LogP contribution is -2.60. The third kappa shape index (κ3) is 2.87. The van der Waals surface area contributed by atoms with E-state index in [1.807, 2.05) is 6.07 Å². The summed E-state index contributed by atoms with van der Waals surface area (Å²) in [6, 6.07) is 7.27. The zero-order valence-electron chi connectivity index (χ0n) is 11.9. The molecule has 0 radical (unpaired) electrons. The lowest BCUT2D eigenvalue weighted by atomic mass is 9.78. The zero-order chi connectivity index (χ0) is 14.2. The monoisotopic (exact) mass is 279 g/mol. The van der Waals surface area contributed by atoms with E-state index in [-0.39, 0.29) is 5.82 Å². The van der Waals surface area contributed by atoms with Crippen molar-refractivity contribution in [3.63, 3.8) is 0 Å². The molecular formula is C16H22FNO2. The van der Waals surface area contributed by atoms with Gasteiger partial charge >= 0.3 is 0 Å². The second kappa shape index (κ2) is 5.43. The first-order valence-corrected chi connectivity index (χ1v) is 7.32. The molecule has 3 rings (SSSR count). The van der Waals surface area contributed by atoms with Crippen LogP contribution in [0.15, 0.2) is 24.3 Å². The molecule has 2 fully saturated rings. The van der Waals surface area contributed by atoms with Gasteiger partial charge < -0.3 is 9.84 Å². The number of aryl methyl sites for hydroxylation is 1. The summed E-state index contributed by atoms with van der Waals surface area (Å²) in [6.07, 6.45) is 2.90. The number of benzene rings is 1. The van der Waals surface area contributed by atoms with Gasteiger partial charge in [-0.2, -0.15) is 0 Å². The third-order valence-electron chi connectivity index (χ3n) is 4.77. The minimum atomic E-state index is -0.641. The molecule has 0 aliphatic carbocycles. The highest BCUT2D eigenvalue weighted by Gasteiger charge is 2.44. The highest BCUT2D eigenvalue weighted by Crippen LogP contribution is 2.36. The van der Waals surface area contributed by atoms with Gasteiger partial charge in [-0.3, -0.25) is 4.90 Å². The maximum atomic E-state index is 13.2. The van der Waals surface area contributed by atoms with Crippen molar-refractivity contribution in [3.8, 4) is 0 Å². The molecule has 20 heavy (non-hydrogen) atoms. The SMILES string of the molecule is CN1C2COCC1CC(O)(CCc1cccc(F)c1)C2. The Bertz CT molecular complexity index is 465. The van der Waals surface area contributed by atoms with Crippen LogP contribution >= 0.6 is 0 Å². The molecule has 2 bridgehead atoms. The molecule has 0 saturated carbocycles. The normalized spacial score (nSPS) is 34.1. The number of aliphatic hydroxyl groups is 1. The average Bonchev–Trinajstić information content (AvgIpc) is 2.39. The van der Waals surface area contributed by atoms with Gasteiger partial charge in [0, 0.05) is 12.1 Å². The zero-order valence-corrected chi connectivity index (χ0v) is 11.9. The van der Waals surface area contributed by atoms with Crippen LogP contribution in [0.3, 0.4) is 0 Å². The first-order valence-electron chi connectivity index (χ1n) is 7.32. The van der Waals surface area contributed by atoms with Gasteiger partial charge in [0.25, 0.3) is 0 Å². The van der Waals surface area contributed by atoms with Gasteiger partial charge in [-0.15, -0.1) is 0 Å². The van der Waals surface area contributed by atoms with E-state index >= 15 is 0 Å². The lowest BCUT2D eigenvalue weighted by molar-refractivity contribution is -0.136. The molecule has 1 aromatic rings. The number of rotatable bonds is 3. The van der Waals surface area contributed by atoms with E-state index < -0.39 is 5.60 Å². The fourth-order valence-corrected chi connectivity index (χ4v) is 3.51. The summed E-state index contributed by atoms with van der Waals surface area (Å²) >= 11 is 0. The Morgan fingerprint density at radius 3 is 2.70 bits per heavy atom. The van der Waals surface area contributed by atoms with Crippen molar-refractivity contribution in [2.45, 2.75) is 43.4 Å². The van der Waals surface area contributed by atoms with Crippen molar-refractivity contribution < 1.29 is 14.2 Å². The molecule has 4 heteroatoms. The van der Waals surface area contributed by atoms with Crippen molar-refractivity contribution in [1.29, 1.82) is 0 Å². The number of piperidine rings is 1. The number of nitrogens with zero attached hydrogens (tertiary/aromatic N) is 1. The summed E-state index contributed by atoms with van der Waals surface area (Å²) in [6.45, 7) is 1.41. The molecule has 0 spiro atoms. The summed E-state index contributed by atoms with van der Waals surface area (Å²) in [5.74, 6) is -0.205. The molecule has 2 unspecified atom stereocenters. The number of likely N-dealkylation sites (N-methyl/N-ethyl adjacent to an activating group) is 1. The third-order valence-corrected chi connectivity index (χ3v) is 4.77. The van der Waals surface area contributed by atoms with E-state index in [0.717, 1.165) is 24.8 Å². The Labute approximate surface area is 119 Å². The van der Waals surface area contributed by atoms with E-state index in [1.165, 1.54) is 6.07 Å². The van der Waals surface area contributed by atoms with Gasteiger partial charge in [0.15, 0.2) is 0 Å². The molecule has 1 aromatic carbocycles. The number of fused-ring (bicyclic) bond motifs is 2. The minimum Gasteiger partial charge on any atom is -0.390 e. The maximum absolute atomic E-state index is 13.2. The summed E-state index contributed by atoms with van der Waals surface area (Å²) in [5.41, 5.74) is 0.316. The molecule has 110 valence electrons. The summed E-state index contributed by atoms with van der Waals surface area (Å²) in [4.78, 5) is 2.33. The van der Waals surface area contributed by atoms with Gasteiger partial charge in [-0.05, 0) is 50.4 Å². The summed E-state index contributed by atoms with van der Waals surface area (Å²) < 4.78 is 18.8. The first kappa shape index (κ1) is 14.0. The molecule has 2 aliphatic heterocycles. The molecule has 2 atom stereocenters. The summed E-state index contributed by atoms with van der Waals surface area (Å²) in [5, 5.41) is 10.8. The molecule has 2 aliphatic rings. The first-order chi connectivity index (χ1) is 9.56. The van der Waals surface area contributed by atoms with Gasteiger partial charge in [0.1, 0.15) is 5.82 Å². The van der Waals surface area contributed by atoms with Gasteiger partial charge in [0.05, 0.1) is 18.8 Å². The summed E-state index contributed by atoms with van der Waals surface area (Å²) in [7, 11) is 2.12. The van der Waals surface area contributed by atoms with E-state index in [4.69, 9.17) is 4.74 Å². The van der Waals surface area contributed by atoms with Crippen LogP contribution < -0.4 is 0 Å². The Hall–Kier alpha value is -0.970. The molecule has 0 amide bonds. The highest BCUT2D eigenvalue weighted by atomic mass is 19.1. The number of ether oxygens (including phenoxy) is 1. The van der Waals surface area contributed by atoms with Crippen LogP contribution in [0.5, 0.6) is 0 Å². The van der Waals surface area contributed by atoms with Crippen LogP contribution in [0, 0.1) is 5.82 Å². The van der Waals surface area contributed by atoms with E-state index in [9.17, 15) is 9.50 Å². The molecular weight excluding hydrogens is 257 g/mol. The number of halogens is 1. The standard InChI is InChI=1S/C16H22FNO2/c1-18-14-8-16(19,9-15(18)11-20-10-14)6-5-12-3-2-4-13(17)7-12/h2-4,7,14-15,19H,5-6,8-11H2,1H3. The molecule has 2 heterocycles. The van der Waals surface area contributed by atoms with Crippen LogP contribution in [0.2, 0.25) is 0 Å². The van der Waals surface area contributed by atoms with Crippen molar-refractivity contribution in [3.05, 3.63) is 35.6 Å². The Balaban J connectivity index is 1.65. The Morgan fingerprint density at radius 2 is 2.05 bits per heavy atom. The molecule has 1 N–H and O–H groups in total. The second-order valence-corrected chi connectivity index (χ2v) is 6.27. The van der Waals surface area contributed by atoms with Crippen LogP contribution in [-0.2, 0) is 11.2 Å². The average molecular weight is 279 g/mol. The number of hydrogen-bond donors (Lipinski definition) is 1. The number of morpholine rings is 1. The molecule has 3 nitrogen and oxygen atoms in total. The van der Waals surface area contributed by atoms with Gasteiger partial charge in [0.2, 0.25) is 0 Å². The topological polar surface area (TPSA) is 32.7 Å². The van der Waals surface area contributed by atoms with Gasteiger partial charge in [-0.25, -0.2) is 4.39 Å². The number of hydrogen-bond acceptors (Lipinski definition) is 3. The molecule has 2 saturated heterocycles. The van der Waals surface area contributed by atoms with Gasteiger partial charge in [-0.1, -0.05) is 12.1 Å². The largest absolute Gasteiger partial charge is 0.390 e. The predicted molar refractivity (Wildman–Crippen MR) is 75.1 cm³/mol. The van der Waals surface area contributed by atoms with E-state index in [0.29, 0.717) is 31.7 Å². The predicted octanol–water partition coefficient (Wildman–Crippen LogP) is 1.98. The minimum absolute atomic E-state index is 0.205. The lowest BCUT2D eigenvalue weighted by Gasteiger charge is -2.50. The van der Waals surface area contributed by atoms with Crippen LogP contribution in [-0.4, -0.2) is 48.0 Å². The van der Waals surface area contributed by atoms with Crippen LogP contribution in [0.4, 0.5) is 4.39 Å². The van der Waals surface area contributed by atoms with E-state index in [2.05, 4.69) is 11.9 Å². The fraction of sp³-hybridized carbons (Fsp3) is 0.625. The van der Waals surface area contributed by atoms with Crippen molar-refractivity contribution >= 4 is 0 Å². The maximum Gasteiger partial charge on any atom is 0.123 e. The Morgan fingerprint density at radius 1 is 1.35 bits per heavy atom. The van der Waals surface area contributed by atoms with Crippen LogP contribution in [0.25, 0.3) is 0 Å². The van der Waals surface area contributed by atoms with Crippen LogP contribution in [0.1, 0.15) is 24.8 Å². The Kier molecular flexibility index (Phi) is 3.80. The second-order valence-electron chi connectivity index (χ2n) is 6.27. The van der Waals surface area contributed by atoms with E-state index in [1.54, 1.807) is 12.1 Å². The van der Waals surface area contributed by atoms with Crippen molar-refractivity contribution in [1.82, 2.24) is 4.90 Å². The van der Waals surface area contributed by atoms with Crippen molar-refractivity contribution in [2.24, 2.45) is 0 Å². The smallest absolute Gasteiger partial charge is 0.123 e. The quantitative estimate of drug-likeness (QED) is 0.918. The van der Waals surface area contributed by atoms with Crippen molar-refractivity contribution in [2.75, 3.05) is 20.3 Å². The highest BCUT2D eigenvalue weighted by molar-refractivity contribution is 5.17. The molecule has 0 aromatic heterocycles.